The summed E-state index contributed by atoms with van der Waals surface area (Å²) in [6.45, 7) is 17.2. The van der Waals surface area contributed by atoms with E-state index >= 15 is 4.39 Å². The Morgan fingerprint density at radius 1 is 0.906 bits per heavy atom. The number of phenolic OH excluding ortho intramolecular Hbond substituents is 3. The monoisotopic (exact) mass is 1180 g/mol. The van der Waals surface area contributed by atoms with Crippen molar-refractivity contribution in [3.63, 3.8) is 0 Å². The van der Waals surface area contributed by atoms with E-state index in [2.05, 4.69) is 22.2 Å². The van der Waals surface area contributed by atoms with E-state index in [1.54, 1.807) is 39.8 Å². The van der Waals surface area contributed by atoms with E-state index in [0.29, 0.717) is 55.8 Å². The molecule has 0 radical (unpaired) electrons. The molecule has 10 atom stereocenters. The summed E-state index contributed by atoms with van der Waals surface area (Å²) in [5.41, 5.74) is 1.18. The summed E-state index contributed by atoms with van der Waals surface area (Å²) in [6, 6.07) is 1.65. The van der Waals surface area contributed by atoms with Gasteiger partial charge < -0.3 is 60.2 Å². The highest BCUT2D eigenvalue weighted by Crippen LogP contribution is 2.59. The fourth-order valence-corrected chi connectivity index (χ4v) is 14.4. The second kappa shape index (κ2) is 23.5. The largest absolute Gasteiger partial charge is 0.507 e. The second-order valence-corrected chi connectivity index (χ2v) is 25.4. The highest BCUT2D eigenvalue weighted by atomic mass is 19.1. The van der Waals surface area contributed by atoms with E-state index in [-0.39, 0.29) is 86.0 Å². The number of carbonyl (C=O) groups excluding carboxylic acids is 2. The van der Waals surface area contributed by atoms with Gasteiger partial charge in [0.05, 0.1) is 59.1 Å². The lowest BCUT2D eigenvalue weighted by atomic mass is 9.78. The Hall–Kier alpha value is -6.78. The molecule has 460 valence electrons. The molecule has 21 heteroatoms. The minimum atomic E-state index is -1.76. The van der Waals surface area contributed by atoms with Gasteiger partial charge in [-0.25, -0.2) is 9.18 Å². The van der Waals surface area contributed by atoms with Crippen molar-refractivity contribution >= 4 is 51.7 Å². The summed E-state index contributed by atoms with van der Waals surface area (Å²) in [7, 11) is 2.16. The number of hydrazone groups is 1. The Morgan fingerprint density at radius 3 is 2.25 bits per heavy atom. The van der Waals surface area contributed by atoms with E-state index < -0.39 is 94.4 Å². The molecule has 20 nitrogen and oxygen atoms in total. The summed E-state index contributed by atoms with van der Waals surface area (Å²) >= 11 is 0. The summed E-state index contributed by atoms with van der Waals surface area (Å²) in [5, 5.41) is 90.9. The van der Waals surface area contributed by atoms with Crippen molar-refractivity contribution in [2.75, 3.05) is 50.1 Å². The van der Waals surface area contributed by atoms with Crippen LogP contribution in [0.15, 0.2) is 46.0 Å². The average molecular weight is 1180 g/mol. The fraction of sp³-hybridized carbons (Fsp3) is 0.578. The molecule has 2 saturated heterocycles. The number of aliphatic hydroxyl groups excluding tert-OH is 3. The number of carbonyl (C=O) groups is 3. The number of piperidine rings is 1. The first-order valence-electron chi connectivity index (χ1n) is 30.1. The van der Waals surface area contributed by atoms with Crippen molar-refractivity contribution in [1.29, 1.82) is 0 Å². The van der Waals surface area contributed by atoms with Gasteiger partial charge in [-0.15, -0.1) is 0 Å². The lowest BCUT2D eigenvalue weighted by molar-refractivity contribution is -0.214. The molecule has 8 N–H and O–H groups in total. The van der Waals surface area contributed by atoms with Gasteiger partial charge in [0.1, 0.15) is 35.0 Å². The number of nitrogens with one attached hydrogen (secondary N) is 1. The number of carboxylic acids is 1. The molecule has 7 aliphatic rings. The predicted molar refractivity (Wildman–Crippen MR) is 318 cm³/mol. The van der Waals surface area contributed by atoms with Crippen LogP contribution in [-0.4, -0.2) is 150 Å². The van der Waals surface area contributed by atoms with Crippen molar-refractivity contribution in [2.24, 2.45) is 34.7 Å². The number of phenols is 3. The Labute approximate surface area is 494 Å². The van der Waals surface area contributed by atoms with Gasteiger partial charge in [0.25, 0.3) is 11.5 Å². The van der Waals surface area contributed by atoms with Crippen LogP contribution in [0.2, 0.25) is 0 Å². The molecular formula is C64H83FN6O14. The maximum Gasteiger partial charge on any atom is 0.341 e. The first-order chi connectivity index (χ1) is 40.2. The molecule has 5 aliphatic heterocycles. The van der Waals surface area contributed by atoms with Crippen molar-refractivity contribution in [1.82, 2.24) is 14.3 Å². The topological polar surface area (TPSA) is 276 Å². The van der Waals surface area contributed by atoms with Gasteiger partial charge in [-0.05, 0) is 121 Å². The molecule has 11 rings (SSSR count). The number of rotatable bonds is 9. The smallest absolute Gasteiger partial charge is 0.341 e. The van der Waals surface area contributed by atoms with Crippen molar-refractivity contribution in [2.45, 2.75) is 168 Å². The number of carboxylic acid groups (broad SMARTS) is 1. The standard InChI is InChI=1S/C64H83FN6O14/c1-31-13-11-14-33(3)60(79)67-49-44(55(76)46-47(56(49)77)54(75)37(7)58-48(46)59(78)63(9,85-58)83-26-12-15-32(2)57(84-38(8)72)36(6)53(74)35(5)52(31)73)28-66-70-24-19-41(20-25-70)68(10)64(21-22-64)40-18-23-69(29-40)51-34(4)50-42(39-16-17-39)27-43(62(81)82)61(80)71(50)30-45(51)65/h11,13-14,27-28,30-32,35-36,39-41,52-53,57,59,73-78H,12,15-26,29H2,1-10H3,(H,67,79)(H,81,82)/b13-11+,33-14-,66-28+/t31-,32+,35+,36+,40-,52-,53+,57+,59?,63-/m0/s1. The molecule has 85 heavy (non-hydrogen) atoms. The summed E-state index contributed by atoms with van der Waals surface area (Å²) in [5.74, 6) is -8.09. The summed E-state index contributed by atoms with van der Waals surface area (Å²) < 4.78 is 35.9. The zero-order valence-corrected chi connectivity index (χ0v) is 50.3. The first kappa shape index (κ1) is 61.3. The van der Waals surface area contributed by atoms with Gasteiger partial charge in [-0.2, -0.15) is 5.10 Å². The Bertz CT molecular complexity index is 3470. The quantitative estimate of drug-likeness (QED) is 0.0339. The van der Waals surface area contributed by atoms with Gasteiger partial charge in [0.15, 0.2) is 11.6 Å². The number of allylic oxidation sites excluding steroid dienone is 2. The Balaban J connectivity index is 0.912. The zero-order valence-electron chi connectivity index (χ0n) is 50.3. The second-order valence-electron chi connectivity index (χ2n) is 25.4. The molecule has 2 saturated carbocycles. The number of amides is 1. The highest BCUT2D eigenvalue weighted by Gasteiger charge is 2.56. The number of aromatic hydroxyl groups is 3. The van der Waals surface area contributed by atoms with Crippen molar-refractivity contribution in [3.8, 4) is 23.0 Å². The Morgan fingerprint density at radius 2 is 1.60 bits per heavy atom. The fourth-order valence-electron chi connectivity index (χ4n) is 14.4. The molecule has 5 bridgehead atoms. The number of aromatic carboxylic acids is 1. The number of aromatic nitrogens is 1. The molecule has 7 heterocycles. The molecule has 1 amide bonds. The van der Waals surface area contributed by atoms with E-state index in [0.717, 1.165) is 56.7 Å². The normalized spacial score (nSPS) is 29.8. The zero-order chi connectivity index (χ0) is 61.5. The molecule has 2 aromatic heterocycles. The van der Waals surface area contributed by atoms with Crippen LogP contribution >= 0.6 is 0 Å². The molecular weight excluding hydrogens is 1100 g/mol. The number of anilines is 2. The lowest BCUT2D eigenvalue weighted by Gasteiger charge is -2.42. The lowest BCUT2D eigenvalue weighted by Crippen LogP contribution is -2.50. The van der Waals surface area contributed by atoms with Gasteiger partial charge in [0.2, 0.25) is 5.79 Å². The van der Waals surface area contributed by atoms with Crippen molar-refractivity contribution < 1.29 is 68.7 Å². The number of benzene rings is 2. The van der Waals surface area contributed by atoms with E-state index in [9.17, 15) is 54.9 Å². The number of aliphatic hydroxyl groups is 3. The van der Waals surface area contributed by atoms with Crippen LogP contribution in [0.5, 0.6) is 23.0 Å². The van der Waals surface area contributed by atoms with Crippen LogP contribution in [0.25, 0.3) is 16.3 Å². The van der Waals surface area contributed by atoms with Crippen LogP contribution in [0.3, 0.4) is 0 Å². The first-order valence-corrected chi connectivity index (χ1v) is 30.1. The van der Waals surface area contributed by atoms with Gasteiger partial charge >= 0.3 is 11.9 Å². The number of esters is 1. The minimum Gasteiger partial charge on any atom is -0.507 e. The van der Waals surface area contributed by atoms with Crippen LogP contribution in [0.4, 0.5) is 15.8 Å². The molecule has 2 aliphatic carbocycles. The number of ether oxygens (including phenoxy) is 3. The molecule has 2 aromatic carbocycles. The number of fused-ring (bicyclic) bond motifs is 16. The van der Waals surface area contributed by atoms with Crippen LogP contribution in [0.1, 0.15) is 156 Å². The summed E-state index contributed by atoms with van der Waals surface area (Å²) in [4.78, 5) is 56.5. The Kier molecular flexibility index (Phi) is 16.9. The number of hydrogen-bond acceptors (Lipinski definition) is 17. The minimum absolute atomic E-state index is 0.0288. The highest BCUT2D eigenvalue weighted by molar-refractivity contribution is 6.16. The maximum atomic E-state index is 16.3. The van der Waals surface area contributed by atoms with Gasteiger partial charge in [0, 0.05) is 91.4 Å². The third kappa shape index (κ3) is 11.1. The average Bonchev–Trinajstić information content (AvgIpc) is 1.71. The number of halogens is 1. The number of pyridine rings is 2. The van der Waals surface area contributed by atoms with Gasteiger partial charge in [-0.1, -0.05) is 45.9 Å². The van der Waals surface area contributed by atoms with Crippen LogP contribution < -0.4 is 20.5 Å². The third-order valence-corrected chi connectivity index (χ3v) is 19.9. The van der Waals surface area contributed by atoms with Gasteiger partial charge in [-0.3, -0.25) is 28.7 Å². The predicted octanol–water partition coefficient (Wildman–Crippen LogP) is 8.28. The third-order valence-electron chi connectivity index (χ3n) is 19.9. The number of hydrogen-bond donors (Lipinski definition) is 8. The van der Waals surface area contributed by atoms with Crippen LogP contribution in [-0.2, 0) is 19.1 Å². The number of aryl methyl sites for hydroxylation is 1. The molecule has 1 unspecified atom stereocenters. The maximum absolute atomic E-state index is 16.3. The van der Waals surface area contributed by atoms with Crippen molar-refractivity contribution in [3.05, 3.63) is 85.6 Å². The molecule has 4 aromatic rings. The van der Waals surface area contributed by atoms with E-state index in [1.165, 1.54) is 43.5 Å². The molecule has 4 fully saturated rings. The van der Waals surface area contributed by atoms with E-state index in [4.69, 9.17) is 19.3 Å². The van der Waals surface area contributed by atoms with E-state index in [1.807, 2.05) is 18.9 Å². The number of nitrogens with zero attached hydrogens (tertiary/aromatic N) is 5. The summed E-state index contributed by atoms with van der Waals surface area (Å²) in [6.07, 6.45) is 9.77. The SMILES string of the molecule is CC(=O)O[C@H]1[C@H](C)[C@H](O)[C@H](C)[C@@H](O)[C@@H](C)/C=C/C=C(/C)C(=O)Nc2c(/C=N/N3CCC(N(C)C4([C@H]5CCN(c6c(F)cn7c(=O)c(C(=O)O)cc(C8CC8)c7c6C)C5)CC4)CC3)c(O)c3c4c(c(C)c(O)c3c2O)O[C@](C)(OCCC[C@H]1C)C4O. The molecule has 0 spiro atoms. The van der Waals surface area contributed by atoms with Crippen LogP contribution in [0, 0.1) is 49.3 Å².